The zero-order valence-corrected chi connectivity index (χ0v) is 11.6. The van der Waals surface area contributed by atoms with Gasteiger partial charge in [0.05, 0.1) is 11.4 Å². The minimum atomic E-state index is -0.726. The summed E-state index contributed by atoms with van der Waals surface area (Å²) in [5.41, 5.74) is 7.55. The van der Waals surface area contributed by atoms with Crippen LogP contribution in [0.1, 0.15) is 25.5 Å². The predicted octanol–water partition coefficient (Wildman–Crippen LogP) is 1.36. The van der Waals surface area contributed by atoms with Gasteiger partial charge in [0, 0.05) is 35.9 Å². The maximum atomic E-state index is 10.9. The monoisotopic (exact) mass is 258 g/mol. The molecule has 1 unspecified atom stereocenters. The summed E-state index contributed by atoms with van der Waals surface area (Å²) in [5, 5.41) is 7.67. The lowest BCUT2D eigenvalue weighted by atomic mass is 10.3. The van der Waals surface area contributed by atoms with Gasteiger partial charge in [0.2, 0.25) is 0 Å². The van der Waals surface area contributed by atoms with Crippen LogP contribution in [0.25, 0.3) is 0 Å². The van der Waals surface area contributed by atoms with E-state index in [0.29, 0.717) is 5.75 Å². The lowest BCUT2D eigenvalue weighted by Crippen LogP contribution is -2.12. The molecule has 0 aliphatic carbocycles. The van der Waals surface area contributed by atoms with Crippen molar-refractivity contribution in [2.45, 2.75) is 33.2 Å². The van der Waals surface area contributed by atoms with Crippen molar-refractivity contribution in [1.82, 2.24) is 9.78 Å². The van der Waals surface area contributed by atoms with E-state index in [1.165, 1.54) is 0 Å². The first-order valence-electron chi connectivity index (χ1n) is 5.93. The Morgan fingerprint density at radius 2 is 2.24 bits per heavy atom. The van der Waals surface area contributed by atoms with E-state index >= 15 is 0 Å². The van der Waals surface area contributed by atoms with Crippen molar-refractivity contribution >= 4 is 22.3 Å². The van der Waals surface area contributed by atoms with Crippen LogP contribution in [0.15, 0.2) is 0 Å². The topological polar surface area (TPSA) is 72.9 Å². The number of nitrogens with zero attached hydrogens (tertiary/aromatic N) is 2. The van der Waals surface area contributed by atoms with E-state index in [9.17, 15) is 4.21 Å². The highest BCUT2D eigenvalue weighted by Crippen LogP contribution is 2.22. The molecule has 5 nitrogen and oxygen atoms in total. The molecule has 3 N–H and O–H groups in total. The first-order valence-corrected chi connectivity index (χ1v) is 7.65. The van der Waals surface area contributed by atoms with Gasteiger partial charge in [0.25, 0.3) is 0 Å². The molecular weight excluding hydrogens is 236 g/mol. The number of nitrogen functional groups attached to an aromatic ring is 1. The van der Waals surface area contributed by atoms with E-state index in [2.05, 4.69) is 17.3 Å². The molecule has 0 fully saturated rings. The molecule has 0 aliphatic rings. The zero-order valence-electron chi connectivity index (χ0n) is 10.8. The first kappa shape index (κ1) is 14.0. The van der Waals surface area contributed by atoms with Crippen molar-refractivity contribution in [2.75, 3.05) is 29.6 Å². The van der Waals surface area contributed by atoms with E-state index in [1.807, 2.05) is 11.6 Å². The summed E-state index contributed by atoms with van der Waals surface area (Å²) < 4.78 is 12.8. The molecule has 0 saturated heterocycles. The molecule has 0 aliphatic heterocycles. The number of anilines is 2. The van der Waals surface area contributed by atoms with E-state index in [1.54, 1.807) is 6.26 Å². The van der Waals surface area contributed by atoms with Gasteiger partial charge in [-0.25, -0.2) is 4.68 Å². The standard InChI is InChI=1S/C11H22N4OS/c1-4-7-15-11(10(12)9(2)14-15)13-6-5-8-17(3)16/h13H,4-8,12H2,1-3H3. The smallest absolute Gasteiger partial charge is 0.148 e. The molecule has 0 spiro atoms. The fourth-order valence-electron chi connectivity index (χ4n) is 1.64. The summed E-state index contributed by atoms with van der Waals surface area (Å²) in [6, 6.07) is 0. The van der Waals surface area contributed by atoms with Gasteiger partial charge in [-0.1, -0.05) is 6.92 Å². The molecule has 1 aromatic rings. The van der Waals surface area contributed by atoms with Crippen molar-refractivity contribution in [1.29, 1.82) is 0 Å². The largest absolute Gasteiger partial charge is 0.394 e. The Kier molecular flexibility index (Phi) is 5.47. The van der Waals surface area contributed by atoms with Gasteiger partial charge in [0.1, 0.15) is 5.82 Å². The van der Waals surface area contributed by atoms with Crippen molar-refractivity contribution in [3.63, 3.8) is 0 Å². The maximum Gasteiger partial charge on any atom is 0.148 e. The van der Waals surface area contributed by atoms with Crippen molar-refractivity contribution in [3.8, 4) is 0 Å². The molecule has 1 rings (SSSR count). The van der Waals surface area contributed by atoms with E-state index in [-0.39, 0.29) is 0 Å². The van der Waals surface area contributed by atoms with Gasteiger partial charge in [-0.05, 0) is 19.8 Å². The highest BCUT2D eigenvalue weighted by molar-refractivity contribution is 7.84. The molecule has 0 radical (unpaired) electrons. The number of aromatic nitrogens is 2. The van der Waals surface area contributed by atoms with Crippen LogP contribution < -0.4 is 11.1 Å². The van der Waals surface area contributed by atoms with Gasteiger partial charge in [-0.2, -0.15) is 5.10 Å². The summed E-state index contributed by atoms with van der Waals surface area (Å²) in [6.45, 7) is 5.66. The van der Waals surface area contributed by atoms with E-state index < -0.39 is 10.8 Å². The van der Waals surface area contributed by atoms with Gasteiger partial charge in [-0.3, -0.25) is 4.21 Å². The number of nitrogens with two attached hydrogens (primary N) is 1. The highest BCUT2D eigenvalue weighted by atomic mass is 32.2. The Hall–Kier alpha value is -1.04. The molecule has 0 aromatic carbocycles. The second kappa shape index (κ2) is 6.64. The Morgan fingerprint density at radius 3 is 2.82 bits per heavy atom. The van der Waals surface area contributed by atoms with Gasteiger partial charge in [-0.15, -0.1) is 0 Å². The SMILES string of the molecule is CCCn1nc(C)c(N)c1NCCCS(C)=O. The van der Waals surface area contributed by atoms with Crippen molar-refractivity contribution < 1.29 is 4.21 Å². The molecule has 98 valence electrons. The van der Waals surface area contributed by atoms with Crippen LogP contribution in [0, 0.1) is 6.92 Å². The highest BCUT2D eigenvalue weighted by Gasteiger charge is 2.10. The molecule has 17 heavy (non-hydrogen) atoms. The summed E-state index contributed by atoms with van der Waals surface area (Å²) in [4.78, 5) is 0. The normalized spacial score (nSPS) is 12.6. The molecule has 6 heteroatoms. The van der Waals surface area contributed by atoms with E-state index in [0.717, 1.165) is 43.1 Å². The van der Waals surface area contributed by atoms with Gasteiger partial charge < -0.3 is 11.1 Å². The Balaban J connectivity index is 2.59. The van der Waals surface area contributed by atoms with Crippen LogP contribution in [-0.2, 0) is 17.3 Å². The summed E-state index contributed by atoms with van der Waals surface area (Å²) in [5.74, 6) is 1.61. The van der Waals surface area contributed by atoms with Crippen molar-refractivity contribution in [2.24, 2.45) is 0 Å². The maximum absolute atomic E-state index is 10.9. The summed E-state index contributed by atoms with van der Waals surface area (Å²) in [7, 11) is -0.726. The quantitative estimate of drug-likeness (QED) is 0.724. The molecule has 0 amide bonds. The lowest BCUT2D eigenvalue weighted by Gasteiger charge is -2.09. The van der Waals surface area contributed by atoms with E-state index in [4.69, 9.17) is 5.73 Å². The summed E-state index contributed by atoms with van der Waals surface area (Å²) in [6.07, 6.45) is 3.62. The minimum absolute atomic E-state index is 0.716. The Labute approximate surface area is 105 Å². The van der Waals surface area contributed by atoms with Crippen LogP contribution in [0.2, 0.25) is 0 Å². The van der Waals surface area contributed by atoms with Crippen LogP contribution in [0.5, 0.6) is 0 Å². The third kappa shape index (κ3) is 4.03. The predicted molar refractivity (Wildman–Crippen MR) is 73.7 cm³/mol. The fourth-order valence-corrected chi connectivity index (χ4v) is 2.19. The molecule has 1 aromatic heterocycles. The zero-order chi connectivity index (χ0) is 12.8. The molecule has 0 saturated carbocycles. The van der Waals surface area contributed by atoms with Crippen LogP contribution >= 0.6 is 0 Å². The lowest BCUT2D eigenvalue weighted by molar-refractivity contribution is 0.602. The second-order valence-corrected chi connectivity index (χ2v) is 5.68. The first-order chi connectivity index (χ1) is 8.06. The molecule has 0 bridgehead atoms. The molecular formula is C11H22N4OS. The minimum Gasteiger partial charge on any atom is -0.394 e. The third-order valence-electron chi connectivity index (χ3n) is 2.51. The number of nitrogens with one attached hydrogen (secondary N) is 1. The fraction of sp³-hybridized carbons (Fsp3) is 0.727. The second-order valence-electron chi connectivity index (χ2n) is 4.13. The Bertz CT molecular complexity index is 389. The van der Waals surface area contributed by atoms with Crippen LogP contribution in [0.4, 0.5) is 11.5 Å². The number of hydrogen-bond donors (Lipinski definition) is 2. The number of rotatable bonds is 7. The number of aryl methyl sites for hydroxylation is 2. The van der Waals surface area contributed by atoms with Gasteiger partial charge in [0.15, 0.2) is 0 Å². The van der Waals surface area contributed by atoms with Crippen LogP contribution in [-0.4, -0.2) is 32.5 Å². The van der Waals surface area contributed by atoms with Gasteiger partial charge >= 0.3 is 0 Å². The van der Waals surface area contributed by atoms with Crippen LogP contribution in [0.3, 0.4) is 0 Å². The third-order valence-corrected chi connectivity index (χ3v) is 3.37. The average Bonchev–Trinajstić information content (AvgIpc) is 2.51. The van der Waals surface area contributed by atoms with Crippen molar-refractivity contribution in [3.05, 3.63) is 5.69 Å². The molecule has 1 heterocycles. The summed E-state index contributed by atoms with van der Waals surface area (Å²) >= 11 is 0. The Morgan fingerprint density at radius 1 is 1.53 bits per heavy atom. The molecule has 1 atom stereocenters. The average molecular weight is 258 g/mol. The number of hydrogen-bond acceptors (Lipinski definition) is 4.